The summed E-state index contributed by atoms with van der Waals surface area (Å²) in [6.45, 7) is 0.169. The quantitative estimate of drug-likeness (QED) is 0.876. The second kappa shape index (κ2) is 5.12. The van der Waals surface area contributed by atoms with Gasteiger partial charge in [0.15, 0.2) is 0 Å². The Morgan fingerprint density at radius 3 is 3.06 bits per heavy atom. The highest BCUT2D eigenvalue weighted by molar-refractivity contribution is 5.80. The minimum Gasteiger partial charge on any atom is -0.445 e. The number of fused-ring (bicyclic) bond motifs is 1. The maximum Gasteiger partial charge on any atom is 0.404 e. The molecule has 4 nitrogen and oxygen atoms in total. The van der Waals surface area contributed by atoms with E-state index in [0.717, 1.165) is 16.5 Å². The van der Waals surface area contributed by atoms with Crippen molar-refractivity contribution in [1.82, 2.24) is 4.98 Å². The standard InChI is InChI=1S/C13H12N2O2/c14-13(16)17-7-3-4-10-8-11-5-1-2-6-12(11)15-9-10/h1-6,8-9H,7H2,(H2,14,16). The average molecular weight is 228 g/mol. The van der Waals surface area contributed by atoms with E-state index in [1.807, 2.05) is 36.4 Å². The van der Waals surface area contributed by atoms with Gasteiger partial charge in [0.05, 0.1) is 5.52 Å². The molecule has 2 N–H and O–H groups in total. The summed E-state index contributed by atoms with van der Waals surface area (Å²) < 4.78 is 4.58. The Labute approximate surface area is 98.7 Å². The number of hydrogen-bond acceptors (Lipinski definition) is 3. The van der Waals surface area contributed by atoms with Crippen molar-refractivity contribution in [2.45, 2.75) is 0 Å². The van der Waals surface area contributed by atoms with E-state index in [9.17, 15) is 4.79 Å². The van der Waals surface area contributed by atoms with Crippen molar-refractivity contribution in [1.29, 1.82) is 0 Å². The normalized spacial score (nSPS) is 10.8. The minimum absolute atomic E-state index is 0.169. The molecule has 0 atom stereocenters. The number of ether oxygens (including phenoxy) is 1. The summed E-state index contributed by atoms with van der Waals surface area (Å²) in [6.07, 6.45) is 4.55. The lowest BCUT2D eigenvalue weighted by Crippen LogP contribution is -2.12. The van der Waals surface area contributed by atoms with Crippen LogP contribution in [-0.4, -0.2) is 17.7 Å². The topological polar surface area (TPSA) is 65.2 Å². The second-order valence-corrected chi connectivity index (χ2v) is 3.49. The summed E-state index contributed by atoms with van der Waals surface area (Å²) in [4.78, 5) is 14.7. The SMILES string of the molecule is NC(=O)OCC=Cc1cnc2ccccc2c1. The molecule has 0 fully saturated rings. The van der Waals surface area contributed by atoms with Crippen LogP contribution >= 0.6 is 0 Å². The van der Waals surface area contributed by atoms with Crippen LogP contribution in [0.1, 0.15) is 5.56 Å². The van der Waals surface area contributed by atoms with Gasteiger partial charge in [-0.3, -0.25) is 4.98 Å². The number of para-hydroxylation sites is 1. The summed E-state index contributed by atoms with van der Waals surface area (Å²) >= 11 is 0. The number of pyridine rings is 1. The predicted molar refractivity (Wildman–Crippen MR) is 66.3 cm³/mol. The third-order valence-electron chi connectivity index (χ3n) is 2.24. The summed E-state index contributed by atoms with van der Waals surface area (Å²) in [6, 6.07) is 9.89. The smallest absolute Gasteiger partial charge is 0.404 e. The van der Waals surface area contributed by atoms with Gasteiger partial charge >= 0.3 is 6.09 Å². The highest BCUT2D eigenvalue weighted by Crippen LogP contribution is 2.13. The molecule has 0 aliphatic heterocycles. The number of benzene rings is 1. The van der Waals surface area contributed by atoms with Crippen molar-refractivity contribution >= 4 is 23.1 Å². The Balaban J connectivity index is 2.11. The van der Waals surface area contributed by atoms with Gasteiger partial charge in [-0.1, -0.05) is 24.3 Å². The number of rotatable bonds is 3. The Kier molecular flexibility index (Phi) is 3.35. The number of amides is 1. The Morgan fingerprint density at radius 2 is 2.24 bits per heavy atom. The Hall–Kier alpha value is -2.36. The van der Waals surface area contributed by atoms with E-state index in [2.05, 4.69) is 9.72 Å². The lowest BCUT2D eigenvalue weighted by molar-refractivity contribution is 0.169. The molecular formula is C13H12N2O2. The van der Waals surface area contributed by atoms with Crippen molar-refractivity contribution in [2.75, 3.05) is 6.61 Å². The molecule has 86 valence electrons. The van der Waals surface area contributed by atoms with Crippen LogP contribution in [0.15, 0.2) is 42.6 Å². The third-order valence-corrected chi connectivity index (χ3v) is 2.24. The molecule has 0 unspecified atom stereocenters. The zero-order valence-corrected chi connectivity index (χ0v) is 9.17. The average Bonchev–Trinajstić information content (AvgIpc) is 2.34. The summed E-state index contributed by atoms with van der Waals surface area (Å²) in [5.41, 5.74) is 6.75. The molecule has 0 saturated heterocycles. The first-order valence-corrected chi connectivity index (χ1v) is 5.19. The van der Waals surface area contributed by atoms with Crippen molar-refractivity contribution in [2.24, 2.45) is 5.73 Å². The van der Waals surface area contributed by atoms with Crippen LogP contribution in [0.3, 0.4) is 0 Å². The van der Waals surface area contributed by atoms with Crippen LogP contribution in [0.25, 0.3) is 17.0 Å². The molecule has 0 aliphatic rings. The summed E-state index contributed by atoms with van der Waals surface area (Å²) in [5.74, 6) is 0. The molecular weight excluding hydrogens is 216 g/mol. The molecule has 0 saturated carbocycles. The maximum atomic E-state index is 10.3. The van der Waals surface area contributed by atoms with E-state index < -0.39 is 6.09 Å². The van der Waals surface area contributed by atoms with Gasteiger partial charge in [0.25, 0.3) is 0 Å². The number of carbonyl (C=O) groups excluding carboxylic acids is 1. The molecule has 0 radical (unpaired) electrons. The second-order valence-electron chi connectivity index (χ2n) is 3.49. The molecule has 1 aromatic heterocycles. The third kappa shape index (κ3) is 3.04. The van der Waals surface area contributed by atoms with E-state index in [0.29, 0.717) is 0 Å². The Bertz CT molecular complexity index is 564. The fourth-order valence-electron chi connectivity index (χ4n) is 1.49. The summed E-state index contributed by atoms with van der Waals surface area (Å²) in [5, 5.41) is 1.07. The first-order chi connectivity index (χ1) is 8.25. The van der Waals surface area contributed by atoms with E-state index in [4.69, 9.17) is 5.73 Å². The number of nitrogens with zero attached hydrogens (tertiary/aromatic N) is 1. The van der Waals surface area contributed by atoms with Crippen molar-refractivity contribution < 1.29 is 9.53 Å². The van der Waals surface area contributed by atoms with Gasteiger partial charge in [-0.05, 0) is 23.8 Å². The largest absolute Gasteiger partial charge is 0.445 e. The molecule has 1 amide bonds. The van der Waals surface area contributed by atoms with Gasteiger partial charge in [-0.15, -0.1) is 0 Å². The van der Waals surface area contributed by atoms with Crippen molar-refractivity contribution in [3.63, 3.8) is 0 Å². The van der Waals surface area contributed by atoms with Gasteiger partial charge in [0, 0.05) is 11.6 Å². The van der Waals surface area contributed by atoms with Crippen LogP contribution in [0.2, 0.25) is 0 Å². The zero-order chi connectivity index (χ0) is 12.1. The summed E-state index contributed by atoms with van der Waals surface area (Å²) in [7, 11) is 0. The van der Waals surface area contributed by atoms with Crippen molar-refractivity contribution in [3.8, 4) is 0 Å². The van der Waals surface area contributed by atoms with Crippen LogP contribution < -0.4 is 5.73 Å². The monoisotopic (exact) mass is 228 g/mol. The van der Waals surface area contributed by atoms with Crippen LogP contribution in [0.5, 0.6) is 0 Å². The van der Waals surface area contributed by atoms with Crippen molar-refractivity contribution in [3.05, 3.63) is 48.2 Å². The lowest BCUT2D eigenvalue weighted by atomic mass is 10.1. The number of aromatic nitrogens is 1. The first-order valence-electron chi connectivity index (χ1n) is 5.19. The van der Waals surface area contributed by atoms with Gasteiger partial charge in [-0.2, -0.15) is 0 Å². The van der Waals surface area contributed by atoms with E-state index in [-0.39, 0.29) is 6.61 Å². The highest BCUT2D eigenvalue weighted by Gasteiger charge is 1.94. The molecule has 0 bridgehead atoms. The number of primary amides is 1. The maximum absolute atomic E-state index is 10.3. The zero-order valence-electron chi connectivity index (χ0n) is 9.17. The van der Waals surface area contributed by atoms with Gasteiger partial charge in [0.2, 0.25) is 0 Å². The van der Waals surface area contributed by atoms with Gasteiger partial charge in [0.1, 0.15) is 6.61 Å². The van der Waals surface area contributed by atoms with Crippen LogP contribution in [0, 0.1) is 0 Å². The van der Waals surface area contributed by atoms with Gasteiger partial charge in [-0.25, -0.2) is 4.79 Å². The van der Waals surface area contributed by atoms with Crippen LogP contribution in [0.4, 0.5) is 4.79 Å². The number of hydrogen-bond donors (Lipinski definition) is 1. The molecule has 0 spiro atoms. The fraction of sp³-hybridized carbons (Fsp3) is 0.0769. The lowest BCUT2D eigenvalue weighted by Gasteiger charge is -1.98. The molecule has 4 heteroatoms. The minimum atomic E-state index is -0.772. The molecule has 0 aliphatic carbocycles. The fourth-order valence-corrected chi connectivity index (χ4v) is 1.49. The van der Waals surface area contributed by atoms with E-state index in [1.165, 1.54) is 0 Å². The molecule has 17 heavy (non-hydrogen) atoms. The molecule has 1 heterocycles. The molecule has 2 rings (SSSR count). The van der Waals surface area contributed by atoms with E-state index >= 15 is 0 Å². The molecule has 2 aromatic rings. The number of carbonyl (C=O) groups is 1. The molecule has 1 aromatic carbocycles. The Morgan fingerprint density at radius 1 is 1.41 bits per heavy atom. The predicted octanol–water partition coefficient (Wildman–Crippen LogP) is 2.34. The van der Waals surface area contributed by atoms with E-state index in [1.54, 1.807) is 12.3 Å². The number of nitrogens with two attached hydrogens (primary N) is 1. The van der Waals surface area contributed by atoms with Gasteiger partial charge < -0.3 is 10.5 Å². The van der Waals surface area contributed by atoms with Crippen LogP contribution in [-0.2, 0) is 4.74 Å². The highest BCUT2D eigenvalue weighted by atomic mass is 16.5. The first kappa shape index (κ1) is 11.1.